The first kappa shape index (κ1) is 14.4. The van der Waals surface area contributed by atoms with E-state index in [-0.39, 0.29) is 0 Å². The van der Waals surface area contributed by atoms with Crippen LogP contribution < -0.4 is 5.32 Å². The minimum atomic E-state index is 0.784. The van der Waals surface area contributed by atoms with Crippen LogP contribution in [0, 0.1) is 13.8 Å². The van der Waals surface area contributed by atoms with Crippen molar-refractivity contribution in [2.75, 3.05) is 7.05 Å². The molecular formula is C16H18ClNS. The maximum absolute atomic E-state index is 6.11. The van der Waals surface area contributed by atoms with E-state index in [1.165, 1.54) is 26.5 Å². The lowest BCUT2D eigenvalue weighted by Crippen LogP contribution is -2.06. The third kappa shape index (κ3) is 3.75. The second-order valence-corrected chi connectivity index (χ2v) is 6.17. The molecule has 1 N–H and O–H groups in total. The highest BCUT2D eigenvalue weighted by Crippen LogP contribution is 2.34. The zero-order chi connectivity index (χ0) is 13.8. The lowest BCUT2D eigenvalue weighted by Gasteiger charge is -2.11. The van der Waals surface area contributed by atoms with E-state index in [1.54, 1.807) is 11.8 Å². The van der Waals surface area contributed by atoms with E-state index in [0.29, 0.717) is 0 Å². The Balaban J connectivity index is 2.33. The largest absolute Gasteiger partial charge is 0.316 e. The van der Waals surface area contributed by atoms with Gasteiger partial charge in [0.2, 0.25) is 0 Å². The van der Waals surface area contributed by atoms with Gasteiger partial charge in [0.05, 0.1) is 0 Å². The van der Waals surface area contributed by atoms with Crippen LogP contribution in [0.25, 0.3) is 0 Å². The molecule has 3 heteroatoms. The Morgan fingerprint density at radius 2 is 1.84 bits per heavy atom. The molecule has 0 saturated heterocycles. The van der Waals surface area contributed by atoms with Crippen LogP contribution >= 0.6 is 23.4 Å². The highest BCUT2D eigenvalue weighted by molar-refractivity contribution is 7.99. The monoisotopic (exact) mass is 291 g/mol. The Labute approximate surface area is 124 Å². The molecule has 0 heterocycles. The van der Waals surface area contributed by atoms with Crippen LogP contribution in [0.3, 0.4) is 0 Å². The first-order chi connectivity index (χ1) is 9.10. The molecule has 2 aromatic carbocycles. The van der Waals surface area contributed by atoms with Crippen molar-refractivity contribution in [1.82, 2.24) is 5.32 Å². The molecule has 1 nitrogen and oxygen atoms in total. The molecule has 0 amide bonds. The first-order valence-electron chi connectivity index (χ1n) is 6.28. The Morgan fingerprint density at radius 1 is 1.05 bits per heavy atom. The van der Waals surface area contributed by atoms with E-state index in [9.17, 15) is 0 Å². The van der Waals surface area contributed by atoms with Gasteiger partial charge in [-0.2, -0.15) is 0 Å². The highest BCUT2D eigenvalue weighted by Gasteiger charge is 2.07. The molecule has 0 aliphatic heterocycles. The van der Waals surface area contributed by atoms with Gasteiger partial charge in [-0.3, -0.25) is 0 Å². The summed E-state index contributed by atoms with van der Waals surface area (Å²) < 4.78 is 0. The van der Waals surface area contributed by atoms with Crippen LogP contribution in [-0.2, 0) is 6.54 Å². The number of aryl methyl sites for hydroxylation is 2. The minimum absolute atomic E-state index is 0.784. The van der Waals surface area contributed by atoms with Crippen LogP contribution in [0.15, 0.2) is 46.2 Å². The SMILES string of the molecule is CNCc1ccc(Cl)cc1Sc1ccc(C)cc1C. The molecule has 0 aliphatic carbocycles. The fourth-order valence-corrected chi connectivity index (χ4v) is 3.28. The van der Waals surface area contributed by atoms with Crippen molar-refractivity contribution in [3.63, 3.8) is 0 Å². The van der Waals surface area contributed by atoms with Crippen LogP contribution in [0.2, 0.25) is 5.02 Å². The van der Waals surface area contributed by atoms with Crippen LogP contribution in [0.1, 0.15) is 16.7 Å². The average Bonchev–Trinajstić information content (AvgIpc) is 2.36. The molecule has 0 spiro atoms. The van der Waals surface area contributed by atoms with Gasteiger partial charge in [-0.25, -0.2) is 0 Å². The Bertz CT molecular complexity index is 581. The molecule has 0 aromatic heterocycles. The van der Waals surface area contributed by atoms with Gasteiger partial charge >= 0.3 is 0 Å². The Kier molecular flexibility index (Phi) is 4.92. The quantitative estimate of drug-likeness (QED) is 0.866. The van der Waals surface area contributed by atoms with Gasteiger partial charge in [0, 0.05) is 21.4 Å². The molecule has 100 valence electrons. The van der Waals surface area contributed by atoms with E-state index in [4.69, 9.17) is 11.6 Å². The first-order valence-corrected chi connectivity index (χ1v) is 7.47. The van der Waals surface area contributed by atoms with Crippen molar-refractivity contribution in [1.29, 1.82) is 0 Å². The molecule has 0 atom stereocenters. The summed E-state index contributed by atoms with van der Waals surface area (Å²) in [5, 5.41) is 3.98. The summed E-state index contributed by atoms with van der Waals surface area (Å²) in [7, 11) is 1.96. The molecule has 0 radical (unpaired) electrons. The van der Waals surface area contributed by atoms with Crippen LogP contribution in [-0.4, -0.2) is 7.05 Å². The molecule has 2 aromatic rings. The Morgan fingerprint density at radius 3 is 2.53 bits per heavy atom. The normalized spacial score (nSPS) is 10.7. The molecular weight excluding hydrogens is 274 g/mol. The molecule has 0 aliphatic rings. The molecule has 0 saturated carbocycles. The topological polar surface area (TPSA) is 12.0 Å². The maximum Gasteiger partial charge on any atom is 0.0417 e. The smallest absolute Gasteiger partial charge is 0.0417 e. The Hall–Kier alpha value is -0.960. The number of benzene rings is 2. The fourth-order valence-electron chi connectivity index (χ4n) is 1.99. The number of hydrogen-bond donors (Lipinski definition) is 1. The number of rotatable bonds is 4. The molecule has 0 fully saturated rings. The van der Waals surface area contributed by atoms with E-state index >= 15 is 0 Å². The zero-order valence-electron chi connectivity index (χ0n) is 11.5. The lowest BCUT2D eigenvalue weighted by molar-refractivity contribution is 0.803. The van der Waals surface area contributed by atoms with Gasteiger partial charge in [0.15, 0.2) is 0 Å². The molecule has 0 bridgehead atoms. The summed E-state index contributed by atoms with van der Waals surface area (Å²) in [4.78, 5) is 2.50. The summed E-state index contributed by atoms with van der Waals surface area (Å²) >= 11 is 7.89. The molecule has 2 rings (SSSR count). The van der Waals surface area contributed by atoms with Gasteiger partial charge in [0.1, 0.15) is 0 Å². The van der Waals surface area contributed by atoms with Gasteiger partial charge < -0.3 is 5.32 Å². The second-order valence-electron chi connectivity index (χ2n) is 4.65. The standard InChI is InChI=1S/C16H18ClNS/c1-11-4-7-15(12(2)8-11)19-16-9-14(17)6-5-13(16)10-18-3/h4-9,18H,10H2,1-3H3. The summed E-state index contributed by atoms with van der Waals surface area (Å²) in [5.41, 5.74) is 3.88. The van der Waals surface area contributed by atoms with Gasteiger partial charge in [-0.15, -0.1) is 0 Å². The van der Waals surface area contributed by atoms with E-state index in [1.807, 2.05) is 19.2 Å². The number of hydrogen-bond acceptors (Lipinski definition) is 2. The summed E-state index contributed by atoms with van der Waals surface area (Å²) in [5.74, 6) is 0. The third-order valence-corrected chi connectivity index (χ3v) is 4.46. The van der Waals surface area contributed by atoms with Crippen molar-refractivity contribution in [3.05, 3.63) is 58.1 Å². The second kappa shape index (κ2) is 6.47. The summed E-state index contributed by atoms with van der Waals surface area (Å²) in [6.07, 6.45) is 0. The predicted octanol–water partition coefficient (Wildman–Crippen LogP) is 4.83. The van der Waals surface area contributed by atoms with Crippen molar-refractivity contribution < 1.29 is 0 Å². The van der Waals surface area contributed by atoms with Crippen LogP contribution in [0.5, 0.6) is 0 Å². The van der Waals surface area contributed by atoms with Gasteiger partial charge in [0.25, 0.3) is 0 Å². The molecule has 19 heavy (non-hydrogen) atoms. The number of nitrogens with one attached hydrogen (secondary N) is 1. The minimum Gasteiger partial charge on any atom is -0.316 e. The number of halogens is 1. The van der Waals surface area contributed by atoms with Crippen molar-refractivity contribution in [3.8, 4) is 0 Å². The average molecular weight is 292 g/mol. The zero-order valence-corrected chi connectivity index (χ0v) is 13.0. The van der Waals surface area contributed by atoms with E-state index in [2.05, 4.69) is 43.4 Å². The highest BCUT2D eigenvalue weighted by atomic mass is 35.5. The van der Waals surface area contributed by atoms with E-state index in [0.717, 1.165) is 11.6 Å². The molecule has 0 unspecified atom stereocenters. The van der Waals surface area contributed by atoms with Crippen molar-refractivity contribution >= 4 is 23.4 Å². The summed E-state index contributed by atoms with van der Waals surface area (Å²) in [6.45, 7) is 5.12. The van der Waals surface area contributed by atoms with Crippen molar-refractivity contribution in [2.45, 2.75) is 30.2 Å². The maximum atomic E-state index is 6.11. The van der Waals surface area contributed by atoms with Gasteiger partial charge in [-0.1, -0.05) is 47.1 Å². The fraction of sp³-hybridized carbons (Fsp3) is 0.250. The van der Waals surface area contributed by atoms with Gasteiger partial charge in [-0.05, 0) is 50.2 Å². The lowest BCUT2D eigenvalue weighted by atomic mass is 10.2. The predicted molar refractivity (Wildman–Crippen MR) is 84.3 cm³/mol. The summed E-state index contributed by atoms with van der Waals surface area (Å²) in [6, 6.07) is 12.6. The third-order valence-electron chi connectivity index (χ3n) is 2.95. The van der Waals surface area contributed by atoms with Crippen molar-refractivity contribution in [2.24, 2.45) is 0 Å². The van der Waals surface area contributed by atoms with Crippen LogP contribution in [0.4, 0.5) is 0 Å². The van der Waals surface area contributed by atoms with E-state index < -0.39 is 0 Å².